The summed E-state index contributed by atoms with van der Waals surface area (Å²) < 4.78 is 16.9. The lowest BCUT2D eigenvalue weighted by Gasteiger charge is -2.28. The summed E-state index contributed by atoms with van der Waals surface area (Å²) in [5, 5.41) is 10.3. The first-order valence-electron chi connectivity index (χ1n) is 9.82. The second kappa shape index (κ2) is 11.1. The van der Waals surface area contributed by atoms with E-state index in [1.54, 1.807) is 7.11 Å². The first-order chi connectivity index (χ1) is 13.2. The van der Waals surface area contributed by atoms with Crippen LogP contribution in [0, 0.1) is 0 Å². The molecule has 2 heterocycles. The Hall–Kier alpha value is -0.990. The number of hydrogen-bond acceptors (Lipinski definition) is 7. The van der Waals surface area contributed by atoms with Crippen LogP contribution in [0.4, 0.5) is 0 Å². The molecule has 2 aliphatic heterocycles. The van der Waals surface area contributed by atoms with Gasteiger partial charge in [-0.15, -0.1) is 0 Å². The fraction of sp³-hybridized carbons (Fsp3) is 0.700. The Morgan fingerprint density at radius 3 is 2.78 bits per heavy atom. The Bertz CT molecular complexity index is 561. The number of hydrogen-bond donors (Lipinski definition) is 1. The van der Waals surface area contributed by atoms with Gasteiger partial charge in [-0.25, -0.2) is 0 Å². The van der Waals surface area contributed by atoms with Crippen molar-refractivity contribution in [3.05, 3.63) is 23.8 Å². The van der Waals surface area contributed by atoms with Crippen molar-refractivity contribution in [2.45, 2.75) is 19.1 Å². The first-order valence-corrected chi connectivity index (χ1v) is 11.0. The monoisotopic (exact) mass is 396 g/mol. The van der Waals surface area contributed by atoms with Crippen LogP contribution in [0.3, 0.4) is 0 Å². The molecular weight excluding hydrogens is 364 g/mol. The lowest BCUT2D eigenvalue weighted by molar-refractivity contribution is 0.0704. The topological polar surface area (TPSA) is 54.4 Å². The van der Waals surface area contributed by atoms with Crippen LogP contribution in [0.15, 0.2) is 18.2 Å². The van der Waals surface area contributed by atoms with Gasteiger partial charge in [0.15, 0.2) is 11.5 Å². The van der Waals surface area contributed by atoms with Crippen LogP contribution < -0.4 is 9.47 Å². The predicted octanol–water partition coefficient (Wildman–Crippen LogP) is 1.71. The van der Waals surface area contributed by atoms with Crippen molar-refractivity contribution >= 4 is 11.8 Å². The maximum Gasteiger partial charge on any atom is 0.161 e. The van der Waals surface area contributed by atoms with Crippen LogP contribution in [0.2, 0.25) is 0 Å². The number of ether oxygens (including phenoxy) is 3. The Morgan fingerprint density at radius 1 is 1.11 bits per heavy atom. The normalized spacial score (nSPS) is 20.8. The van der Waals surface area contributed by atoms with Crippen LogP contribution >= 0.6 is 11.8 Å². The standard InChI is InChI=1S/C20H32N2O4S/c1-24-20-13-17(14-21-5-2-9-25-10-6-21)3-4-19(20)26-16-18(23)15-22-7-11-27-12-8-22/h3-4,13,18,23H,2,5-12,14-16H2,1H3/t18-/m0/s1. The van der Waals surface area contributed by atoms with Crippen molar-refractivity contribution in [1.82, 2.24) is 9.80 Å². The number of aliphatic hydroxyl groups is 1. The van der Waals surface area contributed by atoms with Crippen molar-refractivity contribution in [2.24, 2.45) is 0 Å². The van der Waals surface area contributed by atoms with E-state index in [9.17, 15) is 5.11 Å². The van der Waals surface area contributed by atoms with E-state index >= 15 is 0 Å². The van der Waals surface area contributed by atoms with Crippen molar-refractivity contribution in [2.75, 3.05) is 71.2 Å². The van der Waals surface area contributed by atoms with Gasteiger partial charge in [0.2, 0.25) is 0 Å². The van der Waals surface area contributed by atoms with Gasteiger partial charge in [-0.2, -0.15) is 11.8 Å². The molecule has 0 saturated carbocycles. The Morgan fingerprint density at radius 2 is 1.96 bits per heavy atom. The molecule has 1 atom stereocenters. The second-order valence-electron chi connectivity index (χ2n) is 7.11. The quantitative estimate of drug-likeness (QED) is 0.718. The number of nitrogens with zero attached hydrogens (tertiary/aromatic N) is 2. The van der Waals surface area contributed by atoms with E-state index in [2.05, 4.69) is 15.9 Å². The lowest BCUT2D eigenvalue weighted by Crippen LogP contribution is -2.40. The first kappa shape index (κ1) is 20.7. The zero-order valence-electron chi connectivity index (χ0n) is 16.3. The summed E-state index contributed by atoms with van der Waals surface area (Å²) in [7, 11) is 1.66. The van der Waals surface area contributed by atoms with Crippen LogP contribution in [-0.2, 0) is 11.3 Å². The Labute approximate surface area is 166 Å². The molecule has 27 heavy (non-hydrogen) atoms. The largest absolute Gasteiger partial charge is 0.493 e. The zero-order chi connectivity index (χ0) is 18.9. The molecule has 0 aromatic heterocycles. The number of methoxy groups -OCH3 is 1. The molecule has 0 amide bonds. The van der Waals surface area contributed by atoms with Gasteiger partial charge >= 0.3 is 0 Å². The summed E-state index contributed by atoms with van der Waals surface area (Å²) in [4.78, 5) is 4.71. The fourth-order valence-electron chi connectivity index (χ4n) is 3.46. The van der Waals surface area contributed by atoms with E-state index in [1.807, 2.05) is 23.9 Å². The van der Waals surface area contributed by atoms with Gasteiger partial charge in [-0.3, -0.25) is 9.80 Å². The van der Waals surface area contributed by atoms with E-state index < -0.39 is 6.10 Å². The third-order valence-corrected chi connectivity index (χ3v) is 5.90. The van der Waals surface area contributed by atoms with Crippen molar-refractivity contribution in [3.8, 4) is 11.5 Å². The molecule has 1 aromatic rings. The van der Waals surface area contributed by atoms with Gasteiger partial charge in [-0.1, -0.05) is 6.07 Å². The molecule has 7 heteroatoms. The van der Waals surface area contributed by atoms with Crippen LogP contribution in [-0.4, -0.2) is 92.2 Å². The molecule has 1 N–H and O–H groups in total. The summed E-state index contributed by atoms with van der Waals surface area (Å²) in [5.74, 6) is 3.70. The summed E-state index contributed by atoms with van der Waals surface area (Å²) in [6.45, 7) is 7.58. The minimum absolute atomic E-state index is 0.281. The highest BCUT2D eigenvalue weighted by atomic mass is 32.2. The smallest absolute Gasteiger partial charge is 0.161 e. The molecule has 0 aliphatic carbocycles. The van der Waals surface area contributed by atoms with Gasteiger partial charge in [0.1, 0.15) is 12.7 Å². The molecule has 152 valence electrons. The molecule has 3 rings (SSSR count). The number of benzene rings is 1. The summed E-state index contributed by atoms with van der Waals surface area (Å²) >= 11 is 1.97. The zero-order valence-corrected chi connectivity index (χ0v) is 17.1. The van der Waals surface area contributed by atoms with Crippen molar-refractivity contribution in [3.63, 3.8) is 0 Å². The molecule has 6 nitrogen and oxygen atoms in total. The summed E-state index contributed by atoms with van der Waals surface area (Å²) in [5.41, 5.74) is 1.20. The van der Waals surface area contributed by atoms with E-state index in [4.69, 9.17) is 14.2 Å². The molecule has 0 unspecified atom stereocenters. The molecule has 0 spiro atoms. The van der Waals surface area contributed by atoms with Crippen molar-refractivity contribution < 1.29 is 19.3 Å². The SMILES string of the molecule is COc1cc(CN2CCCOCC2)ccc1OC[C@@H](O)CN1CCSCC1. The number of β-amino-alcohol motifs (C(OH)–C–C–N with tert-alkyl or cyclic N) is 1. The van der Waals surface area contributed by atoms with Gasteiger partial charge in [0.25, 0.3) is 0 Å². The summed E-state index contributed by atoms with van der Waals surface area (Å²) in [6.07, 6.45) is 0.584. The van der Waals surface area contributed by atoms with Crippen LogP contribution in [0.5, 0.6) is 11.5 Å². The average molecular weight is 397 g/mol. The third-order valence-electron chi connectivity index (χ3n) is 4.95. The second-order valence-corrected chi connectivity index (χ2v) is 8.33. The maximum absolute atomic E-state index is 10.3. The minimum atomic E-state index is -0.491. The van der Waals surface area contributed by atoms with Crippen LogP contribution in [0.1, 0.15) is 12.0 Å². The highest BCUT2D eigenvalue weighted by Gasteiger charge is 2.17. The molecule has 0 radical (unpaired) electrons. The Balaban J connectivity index is 1.50. The van der Waals surface area contributed by atoms with E-state index in [1.165, 1.54) is 5.56 Å². The highest BCUT2D eigenvalue weighted by molar-refractivity contribution is 7.99. The summed E-state index contributed by atoms with van der Waals surface area (Å²) in [6, 6.07) is 6.07. The third kappa shape index (κ3) is 6.84. The van der Waals surface area contributed by atoms with E-state index in [-0.39, 0.29) is 6.61 Å². The minimum Gasteiger partial charge on any atom is -0.493 e. The fourth-order valence-corrected chi connectivity index (χ4v) is 4.44. The maximum atomic E-state index is 10.3. The van der Waals surface area contributed by atoms with E-state index in [0.29, 0.717) is 12.3 Å². The molecule has 2 aliphatic rings. The number of aliphatic hydroxyl groups excluding tert-OH is 1. The molecule has 2 saturated heterocycles. The molecule has 0 bridgehead atoms. The average Bonchev–Trinajstić information content (AvgIpc) is 2.96. The van der Waals surface area contributed by atoms with Crippen LogP contribution in [0.25, 0.3) is 0 Å². The molecular formula is C20H32N2O4S. The van der Waals surface area contributed by atoms with Gasteiger partial charge < -0.3 is 19.3 Å². The molecule has 2 fully saturated rings. The van der Waals surface area contributed by atoms with Gasteiger partial charge in [-0.05, 0) is 24.1 Å². The van der Waals surface area contributed by atoms with E-state index in [0.717, 1.165) is 69.6 Å². The van der Waals surface area contributed by atoms with Gasteiger partial charge in [0.05, 0.1) is 13.7 Å². The highest BCUT2D eigenvalue weighted by Crippen LogP contribution is 2.29. The number of thioether (sulfide) groups is 1. The predicted molar refractivity (Wildman–Crippen MR) is 109 cm³/mol. The molecule has 1 aromatic carbocycles. The lowest BCUT2D eigenvalue weighted by atomic mass is 10.2. The number of rotatable bonds is 8. The Kier molecular flexibility index (Phi) is 8.54. The van der Waals surface area contributed by atoms with Gasteiger partial charge in [0, 0.05) is 57.4 Å². The van der Waals surface area contributed by atoms with Crippen molar-refractivity contribution in [1.29, 1.82) is 0 Å².